The van der Waals surface area contributed by atoms with E-state index in [1.54, 1.807) is 27.7 Å². The first-order chi connectivity index (χ1) is 7.75. The van der Waals surface area contributed by atoms with Gasteiger partial charge in [0, 0.05) is 0 Å². The van der Waals surface area contributed by atoms with Gasteiger partial charge in [0.15, 0.2) is 0 Å². The molecule has 3 nitrogen and oxygen atoms in total. The second kappa shape index (κ2) is 4.88. The molecule has 94 valence electrons. The summed E-state index contributed by atoms with van der Waals surface area (Å²) in [5.41, 5.74) is -1.10. The van der Waals surface area contributed by atoms with Crippen LogP contribution in [0.15, 0.2) is 30.3 Å². The lowest BCUT2D eigenvalue weighted by Crippen LogP contribution is -2.45. The maximum absolute atomic E-state index is 11.9. The zero-order chi connectivity index (χ0) is 13.1. The topological polar surface area (TPSA) is 46.5 Å². The molecule has 0 atom stereocenters. The average molecular weight is 236 g/mol. The highest BCUT2D eigenvalue weighted by atomic mass is 16.5. The molecule has 0 heterocycles. The predicted molar refractivity (Wildman–Crippen MR) is 66.3 cm³/mol. The van der Waals surface area contributed by atoms with E-state index >= 15 is 0 Å². The third kappa shape index (κ3) is 3.30. The van der Waals surface area contributed by atoms with Crippen LogP contribution in [0.1, 0.15) is 33.3 Å². The van der Waals surface area contributed by atoms with Crippen molar-refractivity contribution in [2.45, 2.75) is 39.9 Å². The van der Waals surface area contributed by atoms with Crippen molar-refractivity contribution < 1.29 is 14.6 Å². The summed E-state index contributed by atoms with van der Waals surface area (Å²) in [5.74, 6) is -0.395. The summed E-state index contributed by atoms with van der Waals surface area (Å²) < 4.78 is 5.22. The Morgan fingerprint density at radius 2 is 1.71 bits per heavy atom. The minimum absolute atomic E-state index is 0.235. The molecule has 0 saturated carbocycles. The minimum atomic E-state index is -1.11. The Balaban J connectivity index is 2.62. The van der Waals surface area contributed by atoms with Crippen molar-refractivity contribution in [3.8, 4) is 0 Å². The van der Waals surface area contributed by atoms with Crippen LogP contribution in [0.25, 0.3) is 0 Å². The first-order valence-electron chi connectivity index (χ1n) is 5.68. The molecule has 1 aromatic carbocycles. The first-order valence-corrected chi connectivity index (χ1v) is 5.68. The van der Waals surface area contributed by atoms with Gasteiger partial charge in [-0.3, -0.25) is 4.79 Å². The van der Waals surface area contributed by atoms with Crippen LogP contribution in [0.3, 0.4) is 0 Å². The number of esters is 1. The number of ether oxygens (including phenoxy) is 1. The molecule has 1 aromatic rings. The van der Waals surface area contributed by atoms with Crippen LogP contribution >= 0.6 is 0 Å². The van der Waals surface area contributed by atoms with Gasteiger partial charge in [-0.25, -0.2) is 0 Å². The van der Waals surface area contributed by atoms with E-state index in [9.17, 15) is 9.90 Å². The number of carbonyl (C=O) groups excluding carboxylic acids is 1. The first kappa shape index (κ1) is 13.7. The predicted octanol–water partition coefficient (Wildman–Crippen LogP) is 2.53. The van der Waals surface area contributed by atoms with Gasteiger partial charge in [-0.2, -0.15) is 0 Å². The SMILES string of the molecule is CC(C)(O)C(C)(C)C(=O)OCc1ccccc1. The maximum Gasteiger partial charge on any atom is 0.314 e. The van der Waals surface area contributed by atoms with Crippen molar-refractivity contribution in [3.05, 3.63) is 35.9 Å². The van der Waals surface area contributed by atoms with Crippen LogP contribution < -0.4 is 0 Å². The summed E-state index contributed by atoms with van der Waals surface area (Å²) in [6.45, 7) is 6.81. The maximum atomic E-state index is 11.9. The Kier molecular flexibility index (Phi) is 3.94. The zero-order valence-corrected chi connectivity index (χ0v) is 10.9. The molecule has 17 heavy (non-hydrogen) atoms. The summed E-state index contributed by atoms with van der Waals surface area (Å²) in [4.78, 5) is 11.9. The summed E-state index contributed by atoms with van der Waals surface area (Å²) in [5, 5.41) is 9.91. The van der Waals surface area contributed by atoms with Crippen molar-refractivity contribution >= 4 is 5.97 Å². The number of rotatable bonds is 4. The molecule has 0 aliphatic heterocycles. The van der Waals surface area contributed by atoms with E-state index in [0.717, 1.165) is 5.56 Å². The summed E-state index contributed by atoms with van der Waals surface area (Å²) >= 11 is 0. The minimum Gasteiger partial charge on any atom is -0.460 e. The molecule has 3 heteroatoms. The lowest BCUT2D eigenvalue weighted by atomic mass is 9.77. The lowest BCUT2D eigenvalue weighted by molar-refractivity contribution is -0.169. The Morgan fingerprint density at radius 1 is 1.18 bits per heavy atom. The number of hydrogen-bond donors (Lipinski definition) is 1. The van der Waals surface area contributed by atoms with Gasteiger partial charge in [0.1, 0.15) is 6.61 Å². The van der Waals surface area contributed by atoms with Crippen LogP contribution in [-0.2, 0) is 16.1 Å². The Morgan fingerprint density at radius 3 is 2.18 bits per heavy atom. The fraction of sp³-hybridized carbons (Fsp3) is 0.500. The largest absolute Gasteiger partial charge is 0.460 e. The number of aliphatic hydroxyl groups is 1. The molecule has 0 fully saturated rings. The molecule has 0 aliphatic rings. The van der Waals surface area contributed by atoms with Crippen molar-refractivity contribution in [3.63, 3.8) is 0 Å². The number of hydrogen-bond acceptors (Lipinski definition) is 3. The lowest BCUT2D eigenvalue weighted by Gasteiger charge is -2.34. The summed E-state index contributed by atoms with van der Waals surface area (Å²) in [7, 11) is 0. The van der Waals surface area contributed by atoms with Crippen LogP contribution in [-0.4, -0.2) is 16.7 Å². The highest BCUT2D eigenvalue weighted by molar-refractivity contribution is 5.77. The monoisotopic (exact) mass is 236 g/mol. The average Bonchev–Trinajstić information content (AvgIpc) is 2.25. The van der Waals surface area contributed by atoms with Crippen molar-refractivity contribution in [1.29, 1.82) is 0 Å². The second-order valence-electron chi connectivity index (χ2n) is 5.25. The molecule has 0 amide bonds. The molecule has 1 N–H and O–H groups in total. The molecular weight excluding hydrogens is 216 g/mol. The zero-order valence-electron chi connectivity index (χ0n) is 10.9. The van der Waals surface area contributed by atoms with E-state index in [1.165, 1.54) is 0 Å². The number of benzene rings is 1. The van der Waals surface area contributed by atoms with Gasteiger partial charge in [0.25, 0.3) is 0 Å². The molecule has 0 saturated heterocycles. The fourth-order valence-corrected chi connectivity index (χ4v) is 1.15. The third-order valence-corrected chi connectivity index (χ3v) is 3.25. The van der Waals surface area contributed by atoms with E-state index in [-0.39, 0.29) is 6.61 Å². The van der Waals surface area contributed by atoms with Gasteiger partial charge in [-0.1, -0.05) is 30.3 Å². The van der Waals surface area contributed by atoms with Crippen molar-refractivity contribution in [2.75, 3.05) is 0 Å². The Bertz CT molecular complexity index is 374. The molecule has 0 spiro atoms. The Hall–Kier alpha value is -1.35. The smallest absolute Gasteiger partial charge is 0.314 e. The van der Waals surface area contributed by atoms with Gasteiger partial charge in [-0.05, 0) is 33.3 Å². The standard InChI is InChI=1S/C14H20O3/c1-13(2,14(3,4)16)12(15)17-10-11-8-6-5-7-9-11/h5-9,16H,10H2,1-4H3. The molecular formula is C14H20O3. The quantitative estimate of drug-likeness (QED) is 0.817. The van der Waals surface area contributed by atoms with Crippen LogP contribution in [0.2, 0.25) is 0 Å². The molecule has 0 radical (unpaired) electrons. The van der Waals surface area contributed by atoms with E-state index in [1.807, 2.05) is 30.3 Å². The van der Waals surface area contributed by atoms with Crippen molar-refractivity contribution in [1.82, 2.24) is 0 Å². The fourth-order valence-electron chi connectivity index (χ4n) is 1.15. The van der Waals surface area contributed by atoms with Gasteiger partial charge in [-0.15, -0.1) is 0 Å². The van der Waals surface area contributed by atoms with E-state index in [0.29, 0.717) is 0 Å². The normalized spacial score (nSPS) is 12.3. The molecule has 0 unspecified atom stereocenters. The third-order valence-electron chi connectivity index (χ3n) is 3.25. The van der Waals surface area contributed by atoms with E-state index < -0.39 is 17.0 Å². The van der Waals surface area contributed by atoms with Gasteiger partial charge in [0.05, 0.1) is 11.0 Å². The number of carbonyl (C=O) groups is 1. The van der Waals surface area contributed by atoms with Crippen LogP contribution in [0.5, 0.6) is 0 Å². The summed E-state index contributed by atoms with van der Waals surface area (Å²) in [6.07, 6.45) is 0. The van der Waals surface area contributed by atoms with Crippen LogP contribution in [0.4, 0.5) is 0 Å². The van der Waals surface area contributed by atoms with Gasteiger partial charge >= 0.3 is 5.97 Å². The molecule has 0 bridgehead atoms. The molecule has 0 aromatic heterocycles. The van der Waals surface area contributed by atoms with E-state index in [4.69, 9.17) is 4.74 Å². The van der Waals surface area contributed by atoms with Gasteiger partial charge < -0.3 is 9.84 Å². The summed E-state index contributed by atoms with van der Waals surface area (Å²) in [6, 6.07) is 9.48. The highest BCUT2D eigenvalue weighted by Crippen LogP contribution is 2.31. The highest BCUT2D eigenvalue weighted by Gasteiger charge is 2.43. The second-order valence-corrected chi connectivity index (χ2v) is 5.25. The Labute approximate surface area is 102 Å². The molecule has 0 aliphatic carbocycles. The van der Waals surface area contributed by atoms with Crippen LogP contribution in [0, 0.1) is 5.41 Å². The van der Waals surface area contributed by atoms with Crippen molar-refractivity contribution in [2.24, 2.45) is 5.41 Å². The van der Waals surface area contributed by atoms with Gasteiger partial charge in [0.2, 0.25) is 0 Å². The van der Waals surface area contributed by atoms with E-state index in [2.05, 4.69) is 0 Å². The molecule has 1 rings (SSSR count).